The summed E-state index contributed by atoms with van der Waals surface area (Å²) < 4.78 is 14.6. The number of rotatable bonds is 7. The SMILES string of the molecule is O=C(CSc1ccc(F)cc1)NCCn1ccc(-c2ccsc2)n1. The zero-order chi connectivity index (χ0) is 16.8. The van der Waals surface area contributed by atoms with Crippen molar-refractivity contribution >= 4 is 29.0 Å². The maximum Gasteiger partial charge on any atom is 0.230 e. The number of hydrogen-bond donors (Lipinski definition) is 1. The minimum atomic E-state index is -0.273. The van der Waals surface area contributed by atoms with Crippen LogP contribution in [0.15, 0.2) is 58.3 Å². The molecule has 3 aromatic rings. The predicted octanol–water partition coefficient (Wildman–Crippen LogP) is 3.66. The molecule has 4 nitrogen and oxygen atoms in total. The molecule has 7 heteroatoms. The molecule has 0 radical (unpaired) electrons. The second-order valence-corrected chi connectivity index (χ2v) is 6.90. The molecule has 0 spiro atoms. The zero-order valence-corrected chi connectivity index (χ0v) is 14.4. The van der Waals surface area contributed by atoms with Gasteiger partial charge in [-0.3, -0.25) is 9.48 Å². The standard InChI is InChI=1S/C17H16FN3OS2/c18-14-1-3-15(4-2-14)24-12-17(22)19-7-9-21-8-5-16(20-21)13-6-10-23-11-13/h1-6,8,10-11H,7,9,12H2,(H,19,22). The third-order valence-corrected chi connectivity index (χ3v) is 5.00. The van der Waals surface area contributed by atoms with Gasteiger partial charge in [0.1, 0.15) is 5.82 Å². The molecule has 0 atom stereocenters. The largest absolute Gasteiger partial charge is 0.354 e. The van der Waals surface area contributed by atoms with E-state index in [0.717, 1.165) is 16.2 Å². The molecule has 0 saturated carbocycles. The van der Waals surface area contributed by atoms with E-state index in [0.29, 0.717) is 18.8 Å². The van der Waals surface area contributed by atoms with E-state index in [1.54, 1.807) is 23.5 Å². The van der Waals surface area contributed by atoms with Crippen LogP contribution < -0.4 is 5.32 Å². The fraction of sp³-hybridized carbons (Fsp3) is 0.176. The second-order valence-electron chi connectivity index (χ2n) is 5.07. The molecule has 0 unspecified atom stereocenters. The van der Waals surface area contributed by atoms with Crippen molar-refractivity contribution in [3.05, 3.63) is 59.2 Å². The van der Waals surface area contributed by atoms with E-state index in [1.165, 1.54) is 23.9 Å². The Hall–Kier alpha value is -2.12. The first-order valence-electron chi connectivity index (χ1n) is 7.42. The first-order chi connectivity index (χ1) is 11.7. The number of amides is 1. The van der Waals surface area contributed by atoms with Gasteiger partial charge in [0.2, 0.25) is 5.91 Å². The summed E-state index contributed by atoms with van der Waals surface area (Å²) in [5.41, 5.74) is 2.05. The molecule has 1 aromatic carbocycles. The van der Waals surface area contributed by atoms with Crippen molar-refractivity contribution in [1.29, 1.82) is 0 Å². The van der Waals surface area contributed by atoms with E-state index in [-0.39, 0.29) is 11.7 Å². The fourth-order valence-corrected chi connectivity index (χ4v) is 3.47. The number of thiophene rings is 1. The summed E-state index contributed by atoms with van der Waals surface area (Å²) in [7, 11) is 0. The van der Waals surface area contributed by atoms with E-state index in [4.69, 9.17) is 0 Å². The molecule has 124 valence electrons. The van der Waals surface area contributed by atoms with Crippen LogP contribution in [0, 0.1) is 5.82 Å². The lowest BCUT2D eigenvalue weighted by molar-refractivity contribution is -0.118. The van der Waals surface area contributed by atoms with Gasteiger partial charge in [-0.1, -0.05) is 0 Å². The Bertz CT molecular complexity index is 785. The number of thioether (sulfide) groups is 1. The predicted molar refractivity (Wildman–Crippen MR) is 95.7 cm³/mol. The average molecular weight is 361 g/mol. The lowest BCUT2D eigenvalue weighted by Gasteiger charge is -2.05. The van der Waals surface area contributed by atoms with Crippen molar-refractivity contribution < 1.29 is 9.18 Å². The van der Waals surface area contributed by atoms with Gasteiger partial charge in [0.15, 0.2) is 0 Å². The van der Waals surface area contributed by atoms with E-state index in [1.807, 2.05) is 28.4 Å². The number of carbonyl (C=O) groups is 1. The topological polar surface area (TPSA) is 46.9 Å². The van der Waals surface area contributed by atoms with Crippen LogP contribution in [0.25, 0.3) is 11.3 Å². The van der Waals surface area contributed by atoms with Crippen molar-refractivity contribution in [1.82, 2.24) is 15.1 Å². The number of carbonyl (C=O) groups excluding carboxylic acids is 1. The highest BCUT2D eigenvalue weighted by Gasteiger charge is 2.05. The van der Waals surface area contributed by atoms with Gasteiger partial charge < -0.3 is 5.32 Å². The lowest BCUT2D eigenvalue weighted by Crippen LogP contribution is -2.28. The van der Waals surface area contributed by atoms with Crippen LogP contribution in [0.1, 0.15) is 0 Å². The summed E-state index contributed by atoms with van der Waals surface area (Å²) in [6.07, 6.45) is 1.91. The Morgan fingerprint density at radius 1 is 1.25 bits per heavy atom. The highest BCUT2D eigenvalue weighted by molar-refractivity contribution is 8.00. The summed E-state index contributed by atoms with van der Waals surface area (Å²) in [4.78, 5) is 12.7. The third kappa shape index (κ3) is 4.69. The highest BCUT2D eigenvalue weighted by atomic mass is 32.2. The van der Waals surface area contributed by atoms with Crippen LogP contribution in [-0.4, -0.2) is 28.0 Å². The van der Waals surface area contributed by atoms with E-state index < -0.39 is 0 Å². The van der Waals surface area contributed by atoms with Gasteiger partial charge in [-0.2, -0.15) is 16.4 Å². The van der Waals surface area contributed by atoms with Gasteiger partial charge in [0.05, 0.1) is 18.0 Å². The highest BCUT2D eigenvalue weighted by Crippen LogP contribution is 2.19. The maximum atomic E-state index is 12.8. The molecule has 2 heterocycles. The molecule has 0 saturated heterocycles. The minimum absolute atomic E-state index is 0.0467. The third-order valence-electron chi connectivity index (χ3n) is 3.30. The molecule has 1 N–H and O–H groups in total. The molecule has 1 amide bonds. The van der Waals surface area contributed by atoms with Crippen LogP contribution in [0.3, 0.4) is 0 Å². The second kappa shape index (κ2) is 8.12. The van der Waals surface area contributed by atoms with Gasteiger partial charge in [0, 0.05) is 28.6 Å². The van der Waals surface area contributed by atoms with Gasteiger partial charge in [-0.25, -0.2) is 4.39 Å². The van der Waals surface area contributed by atoms with Gasteiger partial charge in [-0.15, -0.1) is 11.8 Å². The zero-order valence-electron chi connectivity index (χ0n) is 12.8. The van der Waals surface area contributed by atoms with Gasteiger partial charge >= 0.3 is 0 Å². The van der Waals surface area contributed by atoms with E-state index in [9.17, 15) is 9.18 Å². The summed E-state index contributed by atoms with van der Waals surface area (Å²) >= 11 is 3.03. The smallest absolute Gasteiger partial charge is 0.230 e. The van der Waals surface area contributed by atoms with Crippen molar-refractivity contribution in [3.8, 4) is 11.3 Å². The first-order valence-corrected chi connectivity index (χ1v) is 9.34. The maximum absolute atomic E-state index is 12.8. The Morgan fingerprint density at radius 3 is 2.83 bits per heavy atom. The number of nitrogens with one attached hydrogen (secondary N) is 1. The molecular formula is C17H16FN3OS2. The molecule has 24 heavy (non-hydrogen) atoms. The average Bonchev–Trinajstić information content (AvgIpc) is 3.25. The first kappa shape index (κ1) is 16.7. The molecule has 0 aliphatic carbocycles. The van der Waals surface area contributed by atoms with Crippen molar-refractivity contribution in [2.75, 3.05) is 12.3 Å². The summed E-state index contributed by atoms with van der Waals surface area (Å²) in [5, 5.41) is 11.4. The Kier molecular flexibility index (Phi) is 5.66. The Morgan fingerprint density at radius 2 is 2.08 bits per heavy atom. The molecular weight excluding hydrogens is 345 g/mol. The molecule has 2 aromatic heterocycles. The minimum Gasteiger partial charge on any atom is -0.354 e. The fourth-order valence-electron chi connectivity index (χ4n) is 2.09. The number of nitrogens with zero attached hydrogens (tertiary/aromatic N) is 2. The molecule has 0 aliphatic rings. The molecule has 0 aliphatic heterocycles. The van der Waals surface area contributed by atoms with Crippen LogP contribution in [0.2, 0.25) is 0 Å². The summed E-state index contributed by atoms with van der Waals surface area (Å²) in [6, 6.07) is 10.1. The van der Waals surface area contributed by atoms with E-state index in [2.05, 4.69) is 15.8 Å². The van der Waals surface area contributed by atoms with Crippen molar-refractivity contribution in [2.24, 2.45) is 0 Å². The molecule has 3 rings (SSSR count). The quantitative estimate of drug-likeness (QED) is 0.653. The normalized spacial score (nSPS) is 10.7. The Balaban J connectivity index is 1.40. The van der Waals surface area contributed by atoms with Crippen molar-refractivity contribution in [2.45, 2.75) is 11.4 Å². The molecule has 0 bridgehead atoms. The van der Waals surface area contributed by atoms with Crippen LogP contribution >= 0.6 is 23.1 Å². The monoisotopic (exact) mass is 361 g/mol. The Labute approximate surface area is 147 Å². The van der Waals surface area contributed by atoms with Crippen LogP contribution in [0.4, 0.5) is 4.39 Å². The molecule has 0 fully saturated rings. The summed E-state index contributed by atoms with van der Waals surface area (Å²) in [5.74, 6) is -0.00960. The van der Waals surface area contributed by atoms with Crippen LogP contribution in [-0.2, 0) is 11.3 Å². The lowest BCUT2D eigenvalue weighted by atomic mass is 10.2. The van der Waals surface area contributed by atoms with Crippen LogP contribution in [0.5, 0.6) is 0 Å². The summed E-state index contributed by atoms with van der Waals surface area (Å²) in [6.45, 7) is 1.14. The van der Waals surface area contributed by atoms with Gasteiger partial charge in [0.25, 0.3) is 0 Å². The van der Waals surface area contributed by atoms with Crippen molar-refractivity contribution in [3.63, 3.8) is 0 Å². The number of benzene rings is 1. The van der Waals surface area contributed by atoms with E-state index >= 15 is 0 Å². The number of aromatic nitrogens is 2. The van der Waals surface area contributed by atoms with Gasteiger partial charge in [-0.05, 0) is 41.8 Å². The number of hydrogen-bond acceptors (Lipinski definition) is 4. The number of halogens is 1.